The number of pyridine rings is 1. The summed E-state index contributed by atoms with van der Waals surface area (Å²) >= 11 is 0. The highest BCUT2D eigenvalue weighted by Gasteiger charge is 2.32. The lowest BCUT2D eigenvalue weighted by atomic mass is 9.91. The maximum atomic E-state index is 17.2. The fourth-order valence-electron chi connectivity index (χ4n) is 7.58. The molecule has 5 aromatic rings. The van der Waals surface area contributed by atoms with Crippen molar-refractivity contribution in [2.75, 3.05) is 33.4 Å². The molecule has 7 rings (SSSR count). The summed E-state index contributed by atoms with van der Waals surface area (Å²) in [5.74, 6) is -0.496. The van der Waals surface area contributed by atoms with E-state index >= 15 is 4.39 Å². The summed E-state index contributed by atoms with van der Waals surface area (Å²) in [7, 11) is 2.08. The van der Waals surface area contributed by atoms with Crippen molar-refractivity contribution >= 4 is 38.6 Å². The molecular weight excluding hydrogens is 612 g/mol. The highest BCUT2D eigenvalue weighted by molar-refractivity contribution is 6.08. The lowest BCUT2D eigenvalue weighted by Crippen LogP contribution is -2.38. The van der Waals surface area contributed by atoms with Crippen LogP contribution < -0.4 is 4.74 Å². The van der Waals surface area contributed by atoms with Gasteiger partial charge in [-0.3, -0.25) is 9.69 Å². The Morgan fingerprint density at radius 1 is 1.15 bits per heavy atom. The van der Waals surface area contributed by atoms with Crippen LogP contribution in [0, 0.1) is 24.1 Å². The Bertz CT molecular complexity index is 2110. The summed E-state index contributed by atoms with van der Waals surface area (Å²) in [4.78, 5) is 21.3. The zero-order chi connectivity index (χ0) is 33.5. The molecule has 0 bridgehead atoms. The Hall–Kier alpha value is -4.95. The number of halogens is 2. The van der Waals surface area contributed by atoms with Gasteiger partial charge in [0.05, 0.1) is 17.7 Å². The molecular formula is C37H37F2N7O2. The van der Waals surface area contributed by atoms with Gasteiger partial charge >= 0.3 is 0 Å². The lowest BCUT2D eigenvalue weighted by Gasteiger charge is -2.31. The molecule has 4 heterocycles. The Balaban J connectivity index is 1.39. The molecule has 0 spiro atoms. The minimum absolute atomic E-state index is 0.111. The first-order valence-corrected chi connectivity index (χ1v) is 16.5. The summed E-state index contributed by atoms with van der Waals surface area (Å²) < 4.78 is 38.2. The maximum Gasteiger partial charge on any atom is 0.246 e. The molecule has 2 fully saturated rings. The van der Waals surface area contributed by atoms with E-state index in [-0.39, 0.29) is 35.5 Å². The number of nitriles is 1. The van der Waals surface area contributed by atoms with Gasteiger partial charge in [-0.05, 0) is 87.8 Å². The van der Waals surface area contributed by atoms with Gasteiger partial charge in [-0.15, -0.1) is 5.10 Å². The summed E-state index contributed by atoms with van der Waals surface area (Å²) in [5, 5.41) is 21.2. The second-order valence-corrected chi connectivity index (χ2v) is 12.9. The molecule has 2 aliphatic heterocycles. The molecule has 0 unspecified atom stereocenters. The number of likely N-dealkylation sites (tertiary alicyclic amines) is 2. The van der Waals surface area contributed by atoms with E-state index in [4.69, 9.17) is 9.72 Å². The normalized spacial score (nSPS) is 18.3. The van der Waals surface area contributed by atoms with E-state index in [9.17, 15) is 14.4 Å². The van der Waals surface area contributed by atoms with Gasteiger partial charge in [0.25, 0.3) is 0 Å². The first kappa shape index (κ1) is 31.6. The van der Waals surface area contributed by atoms with Crippen molar-refractivity contribution in [1.29, 1.82) is 5.26 Å². The zero-order valence-corrected chi connectivity index (χ0v) is 27.3. The van der Waals surface area contributed by atoms with Crippen LogP contribution in [0.1, 0.15) is 49.8 Å². The molecule has 0 saturated carbocycles. The van der Waals surface area contributed by atoms with Gasteiger partial charge in [-0.1, -0.05) is 35.5 Å². The average Bonchev–Trinajstić information content (AvgIpc) is 3.74. The van der Waals surface area contributed by atoms with Crippen LogP contribution in [0.5, 0.6) is 5.88 Å². The summed E-state index contributed by atoms with van der Waals surface area (Å²) in [6.45, 7) is 5.11. The van der Waals surface area contributed by atoms with Gasteiger partial charge < -0.3 is 9.64 Å². The van der Waals surface area contributed by atoms with Crippen molar-refractivity contribution in [2.24, 2.45) is 0 Å². The molecule has 11 heteroatoms. The number of carbonyl (C=O) groups excluding carboxylic acids is 1. The Morgan fingerprint density at radius 2 is 1.92 bits per heavy atom. The fraction of sp³-hybridized carbons (Fsp3) is 0.378. The van der Waals surface area contributed by atoms with Crippen molar-refractivity contribution in [3.8, 4) is 23.1 Å². The molecule has 246 valence electrons. The van der Waals surface area contributed by atoms with E-state index in [1.165, 1.54) is 12.2 Å². The molecule has 0 aliphatic carbocycles. The average molecular weight is 650 g/mol. The van der Waals surface area contributed by atoms with Gasteiger partial charge in [-0.2, -0.15) is 5.26 Å². The first-order chi connectivity index (χ1) is 23.3. The molecule has 2 aliphatic rings. The number of carbonyl (C=O) groups is 1. The summed E-state index contributed by atoms with van der Waals surface area (Å²) in [6, 6.07) is 15.4. The van der Waals surface area contributed by atoms with Crippen LogP contribution in [0.2, 0.25) is 0 Å². The van der Waals surface area contributed by atoms with Crippen molar-refractivity contribution < 1.29 is 18.3 Å². The molecule has 2 aromatic heterocycles. The number of alkyl halides is 1. The number of amides is 1. The SMILES string of the molecule is Cc1cc2c(nc(O[C@@H](C)[C@@H]3CCCN3C)c3nnn(C4CCN(C(=O)/C=C/CF)CC4)c32)c(F)c1-c1cccc2cccc(C#N)c12. The van der Waals surface area contributed by atoms with E-state index in [0.717, 1.165) is 24.8 Å². The third kappa shape index (κ3) is 5.44. The predicted molar refractivity (Wildman–Crippen MR) is 181 cm³/mol. The number of hydrogen-bond acceptors (Lipinski definition) is 7. The number of rotatable bonds is 7. The fourth-order valence-corrected chi connectivity index (χ4v) is 7.58. The molecule has 3 aromatic carbocycles. The minimum atomic E-state index is -0.689. The number of allylic oxidation sites excluding steroid dienone is 1. The third-order valence-corrected chi connectivity index (χ3v) is 9.99. The largest absolute Gasteiger partial charge is 0.471 e. The van der Waals surface area contributed by atoms with Gasteiger partial charge in [0, 0.05) is 41.5 Å². The minimum Gasteiger partial charge on any atom is -0.471 e. The van der Waals surface area contributed by atoms with Crippen molar-refractivity contribution in [1.82, 2.24) is 29.8 Å². The number of aromatic nitrogens is 4. The number of hydrogen-bond donors (Lipinski definition) is 0. The van der Waals surface area contributed by atoms with E-state index in [0.29, 0.717) is 70.0 Å². The van der Waals surface area contributed by atoms with Crippen molar-refractivity contribution in [2.45, 2.75) is 57.7 Å². The molecule has 48 heavy (non-hydrogen) atoms. The monoisotopic (exact) mass is 649 g/mol. The lowest BCUT2D eigenvalue weighted by molar-refractivity contribution is -0.127. The van der Waals surface area contributed by atoms with E-state index in [1.54, 1.807) is 11.0 Å². The Kier molecular flexibility index (Phi) is 8.52. The highest BCUT2D eigenvalue weighted by Crippen LogP contribution is 2.41. The van der Waals surface area contributed by atoms with Crippen LogP contribution in [-0.4, -0.2) is 81.2 Å². The van der Waals surface area contributed by atoms with E-state index in [2.05, 4.69) is 28.3 Å². The Labute approximate surface area is 277 Å². The van der Waals surface area contributed by atoms with Crippen LogP contribution in [0.15, 0.2) is 54.6 Å². The second-order valence-electron chi connectivity index (χ2n) is 12.9. The number of likely N-dealkylation sites (N-methyl/N-ethyl adjacent to an activating group) is 1. The van der Waals surface area contributed by atoms with Crippen LogP contribution in [0.4, 0.5) is 8.78 Å². The number of benzene rings is 3. The zero-order valence-electron chi connectivity index (χ0n) is 27.3. The maximum absolute atomic E-state index is 17.2. The smallest absolute Gasteiger partial charge is 0.246 e. The standard InChI is InChI=1S/C37H37F2N7O2/c1-22-20-28-34(33(39)31(22)27-11-5-9-24-8-4-10-25(21-40)32(24)27)41-37(48-23(2)29-12-7-17-44(29)3)35-36(28)46(43-42-35)26-14-18-45(19-15-26)30(47)13-6-16-38/h4-6,8-11,13,20,23,26,29H,7,12,14-19H2,1-3H3/b13-6+/t23-,29-/m0/s1. The topological polar surface area (TPSA) is 100 Å². The number of piperidine rings is 1. The first-order valence-electron chi connectivity index (χ1n) is 16.5. The summed E-state index contributed by atoms with van der Waals surface area (Å²) in [5.41, 5.74) is 3.39. The number of ether oxygens (including phenoxy) is 1. The molecule has 9 nitrogen and oxygen atoms in total. The molecule has 1 amide bonds. The third-order valence-electron chi connectivity index (χ3n) is 9.99. The molecule has 2 saturated heterocycles. The van der Waals surface area contributed by atoms with Crippen LogP contribution in [0.3, 0.4) is 0 Å². The highest BCUT2D eigenvalue weighted by atomic mass is 19.1. The van der Waals surface area contributed by atoms with Crippen LogP contribution in [-0.2, 0) is 4.79 Å². The Morgan fingerprint density at radius 3 is 2.62 bits per heavy atom. The second kappa shape index (κ2) is 12.9. The van der Waals surface area contributed by atoms with E-state index < -0.39 is 12.5 Å². The van der Waals surface area contributed by atoms with Crippen LogP contribution in [0.25, 0.3) is 43.8 Å². The number of aryl methyl sites for hydroxylation is 1. The molecule has 0 radical (unpaired) electrons. The summed E-state index contributed by atoms with van der Waals surface area (Å²) in [6.07, 6.45) is 5.52. The van der Waals surface area contributed by atoms with Gasteiger partial charge in [0.1, 0.15) is 23.8 Å². The van der Waals surface area contributed by atoms with Gasteiger partial charge in [0.15, 0.2) is 11.3 Å². The van der Waals surface area contributed by atoms with E-state index in [1.807, 2.05) is 54.9 Å². The molecule has 2 atom stereocenters. The van der Waals surface area contributed by atoms with Crippen LogP contribution >= 0.6 is 0 Å². The van der Waals surface area contributed by atoms with Crippen molar-refractivity contribution in [3.05, 3.63) is 71.6 Å². The van der Waals surface area contributed by atoms with Gasteiger partial charge in [0.2, 0.25) is 11.8 Å². The van der Waals surface area contributed by atoms with Gasteiger partial charge in [-0.25, -0.2) is 18.4 Å². The van der Waals surface area contributed by atoms with Crippen molar-refractivity contribution in [3.63, 3.8) is 0 Å². The number of nitrogens with zero attached hydrogens (tertiary/aromatic N) is 7. The predicted octanol–water partition coefficient (Wildman–Crippen LogP) is 6.67. The quantitative estimate of drug-likeness (QED) is 0.182. The molecule has 0 N–H and O–H groups in total. The number of fused-ring (bicyclic) bond motifs is 4.